The summed E-state index contributed by atoms with van der Waals surface area (Å²) >= 11 is -2.48. The summed E-state index contributed by atoms with van der Waals surface area (Å²) < 4.78 is 20.4. The van der Waals surface area contributed by atoms with Crippen molar-refractivity contribution in [2.45, 2.75) is 144 Å². The first-order valence-corrected chi connectivity index (χ1v) is 26.6. The normalized spacial score (nSPS) is 13.8. The second kappa shape index (κ2) is 17.9. The first-order valence-electron chi connectivity index (χ1n) is 17.0. The second-order valence-electron chi connectivity index (χ2n) is 14.5. The van der Waals surface area contributed by atoms with E-state index in [0.717, 1.165) is 6.42 Å². The van der Waals surface area contributed by atoms with Crippen LogP contribution in [-0.4, -0.2) is 44.4 Å². The molecule has 43 heavy (non-hydrogen) atoms. The molecule has 3 nitrogen and oxygen atoms in total. The van der Waals surface area contributed by atoms with E-state index in [0.29, 0.717) is 0 Å². The molecule has 240 valence electrons. The van der Waals surface area contributed by atoms with Gasteiger partial charge in [0.05, 0.1) is 0 Å². The molecule has 0 N–H and O–H groups in total. The second-order valence-corrected chi connectivity index (χ2v) is 31.8. The summed E-state index contributed by atoms with van der Waals surface area (Å²) in [4.78, 5) is 13.4. The minimum atomic E-state index is -2.82. The SMILES string of the molecule is CCC[CH2][Sn](/[CH]=C/C[C@@H](CC(=O)OC(C)(C)C)O[Si](c1ccccc1)(c1ccccc1)C(C)(C)C)([CH2]CCC)[CH2]CCC. The van der Waals surface area contributed by atoms with Crippen LogP contribution in [0.2, 0.25) is 18.3 Å². The summed E-state index contributed by atoms with van der Waals surface area (Å²) in [6.45, 7) is 19.7. The van der Waals surface area contributed by atoms with E-state index in [1.54, 1.807) is 0 Å². The molecule has 2 rings (SSSR count). The Hall–Kier alpha value is -1.37. The summed E-state index contributed by atoms with van der Waals surface area (Å²) in [6, 6.07) is 21.6. The standard InChI is InChI=1S/C26H35O3Si.3C4H9.Sn/c1-8-15-21(20-24(27)28-25(2,3)4)29-30(26(5,6)7,22-16-11-9-12-17-22)23-18-13-10-14-19-23;3*1-3-4-2;/h1,8-14,16-19,21H,15,20H2,2-7H3;3*1,3-4H2,2H3;/t21-;;;;/m0..../s1. The van der Waals surface area contributed by atoms with Gasteiger partial charge in [-0.3, -0.25) is 0 Å². The van der Waals surface area contributed by atoms with Crippen LogP contribution in [0, 0.1) is 0 Å². The first-order chi connectivity index (χ1) is 20.3. The van der Waals surface area contributed by atoms with Crippen LogP contribution < -0.4 is 10.4 Å². The monoisotopic (exact) mass is 714 g/mol. The van der Waals surface area contributed by atoms with Crippen LogP contribution in [0.5, 0.6) is 0 Å². The van der Waals surface area contributed by atoms with Gasteiger partial charge in [-0.05, 0) is 0 Å². The fraction of sp³-hybridized carbons (Fsp3) is 0.605. The summed E-state index contributed by atoms with van der Waals surface area (Å²) in [6.07, 6.45) is 11.0. The molecule has 2 aromatic rings. The number of carbonyl (C=O) groups excluding carboxylic acids is 1. The number of rotatable bonds is 18. The van der Waals surface area contributed by atoms with E-state index in [2.05, 4.69) is 112 Å². The molecule has 0 saturated heterocycles. The summed E-state index contributed by atoms with van der Waals surface area (Å²) in [5.41, 5.74) is -0.527. The van der Waals surface area contributed by atoms with E-state index in [1.807, 2.05) is 20.8 Å². The van der Waals surface area contributed by atoms with Gasteiger partial charge in [0.2, 0.25) is 0 Å². The number of hydrogen-bond acceptors (Lipinski definition) is 3. The molecule has 0 amide bonds. The van der Waals surface area contributed by atoms with Crippen LogP contribution in [0.1, 0.15) is 114 Å². The van der Waals surface area contributed by atoms with Crippen molar-refractivity contribution < 1.29 is 14.0 Å². The Morgan fingerprint density at radius 2 is 1.21 bits per heavy atom. The molecule has 5 heteroatoms. The molecule has 0 saturated carbocycles. The van der Waals surface area contributed by atoms with Crippen LogP contribution in [0.15, 0.2) is 70.8 Å². The van der Waals surface area contributed by atoms with Crippen molar-refractivity contribution in [3.8, 4) is 0 Å². The zero-order valence-electron chi connectivity index (χ0n) is 29.0. The van der Waals surface area contributed by atoms with E-state index >= 15 is 0 Å². The van der Waals surface area contributed by atoms with Gasteiger partial charge in [-0.1, -0.05) is 0 Å². The molecule has 0 aromatic heterocycles. The molecule has 0 aliphatic carbocycles. The Morgan fingerprint density at radius 1 is 0.767 bits per heavy atom. The molecule has 0 heterocycles. The number of ether oxygens (including phenoxy) is 1. The van der Waals surface area contributed by atoms with E-state index in [1.165, 1.54) is 62.2 Å². The van der Waals surface area contributed by atoms with Gasteiger partial charge in [0, 0.05) is 0 Å². The van der Waals surface area contributed by atoms with Crippen molar-refractivity contribution in [2.24, 2.45) is 0 Å². The number of esters is 1. The van der Waals surface area contributed by atoms with Gasteiger partial charge in [0.15, 0.2) is 0 Å². The molecule has 0 unspecified atom stereocenters. The molecular formula is C38H62O3SiSn. The van der Waals surface area contributed by atoms with Crippen LogP contribution in [0.4, 0.5) is 0 Å². The molecule has 0 aliphatic rings. The van der Waals surface area contributed by atoms with Crippen LogP contribution >= 0.6 is 0 Å². The van der Waals surface area contributed by atoms with Crippen molar-refractivity contribution in [1.29, 1.82) is 0 Å². The Morgan fingerprint density at radius 3 is 1.58 bits per heavy atom. The average molecular weight is 714 g/mol. The third-order valence-corrected chi connectivity index (χ3v) is 27.9. The number of benzene rings is 2. The van der Waals surface area contributed by atoms with Gasteiger partial charge in [0.1, 0.15) is 0 Å². The number of hydrogen-bond donors (Lipinski definition) is 0. The van der Waals surface area contributed by atoms with Gasteiger partial charge in [0.25, 0.3) is 0 Å². The van der Waals surface area contributed by atoms with E-state index in [4.69, 9.17) is 9.16 Å². The van der Waals surface area contributed by atoms with Crippen LogP contribution in [0.3, 0.4) is 0 Å². The van der Waals surface area contributed by atoms with Gasteiger partial charge in [-0.25, -0.2) is 0 Å². The zero-order valence-corrected chi connectivity index (χ0v) is 32.9. The van der Waals surface area contributed by atoms with E-state index < -0.39 is 32.3 Å². The maximum atomic E-state index is 13.4. The molecule has 0 spiro atoms. The van der Waals surface area contributed by atoms with Gasteiger partial charge >= 0.3 is 272 Å². The predicted octanol–water partition coefficient (Wildman–Crippen LogP) is 10.00. The van der Waals surface area contributed by atoms with E-state index in [-0.39, 0.29) is 23.5 Å². The number of unbranched alkanes of at least 4 members (excludes halogenated alkanes) is 3. The van der Waals surface area contributed by atoms with Crippen molar-refractivity contribution >= 4 is 43.0 Å². The maximum absolute atomic E-state index is 13.4. The van der Waals surface area contributed by atoms with Crippen molar-refractivity contribution in [2.75, 3.05) is 0 Å². The van der Waals surface area contributed by atoms with Gasteiger partial charge in [-0.2, -0.15) is 0 Å². The fourth-order valence-electron chi connectivity index (χ4n) is 6.36. The fourth-order valence-corrected chi connectivity index (χ4v) is 25.5. The van der Waals surface area contributed by atoms with Crippen molar-refractivity contribution in [3.05, 3.63) is 70.8 Å². The summed E-state index contributed by atoms with van der Waals surface area (Å²) in [7, 11) is -2.82. The third-order valence-electron chi connectivity index (χ3n) is 8.53. The summed E-state index contributed by atoms with van der Waals surface area (Å²) in [5.74, 6) is -0.179. The Labute approximate surface area is 270 Å². The van der Waals surface area contributed by atoms with Crippen molar-refractivity contribution in [1.82, 2.24) is 0 Å². The van der Waals surface area contributed by atoms with E-state index in [9.17, 15) is 4.79 Å². The molecule has 0 aliphatic heterocycles. The molecule has 2 aromatic carbocycles. The predicted molar refractivity (Wildman–Crippen MR) is 192 cm³/mol. The number of carbonyl (C=O) groups is 1. The molecular weight excluding hydrogens is 651 g/mol. The third kappa shape index (κ3) is 11.8. The Bertz CT molecular complexity index is 1020. The Kier molecular flexibility index (Phi) is 15.8. The van der Waals surface area contributed by atoms with Crippen LogP contribution in [0.25, 0.3) is 0 Å². The van der Waals surface area contributed by atoms with Gasteiger partial charge in [-0.15, -0.1) is 0 Å². The minimum absolute atomic E-state index is 0.155. The first kappa shape index (κ1) is 37.8. The Balaban J connectivity index is 2.60. The molecule has 0 bridgehead atoms. The molecule has 1 atom stereocenters. The average Bonchev–Trinajstić information content (AvgIpc) is 2.95. The quantitative estimate of drug-likeness (QED) is 0.114. The zero-order chi connectivity index (χ0) is 32.0. The molecule has 0 fully saturated rings. The van der Waals surface area contributed by atoms with Gasteiger partial charge < -0.3 is 0 Å². The molecule has 0 radical (unpaired) electrons. The van der Waals surface area contributed by atoms with Crippen LogP contribution in [-0.2, 0) is 14.0 Å². The van der Waals surface area contributed by atoms with Crippen molar-refractivity contribution in [3.63, 3.8) is 0 Å². The topological polar surface area (TPSA) is 35.5 Å². The summed E-state index contributed by atoms with van der Waals surface area (Å²) in [5, 5.41) is 2.33.